The first-order chi connectivity index (χ1) is 19.8. The van der Waals surface area contributed by atoms with Crippen LogP contribution in [0.15, 0.2) is 83.8 Å². The molecular weight excluding hydrogens is 562 g/mol. The van der Waals surface area contributed by atoms with Crippen molar-refractivity contribution in [3.8, 4) is 5.75 Å². The van der Waals surface area contributed by atoms with Gasteiger partial charge in [0, 0.05) is 35.8 Å². The zero-order valence-corrected chi connectivity index (χ0v) is 24.2. The number of rotatable bonds is 9. The van der Waals surface area contributed by atoms with Gasteiger partial charge in [-0.15, -0.1) is 11.3 Å². The zero-order chi connectivity index (χ0) is 29.0. The lowest BCUT2D eigenvalue weighted by Crippen LogP contribution is -2.29. The van der Waals surface area contributed by atoms with Crippen LogP contribution in [0, 0.1) is 0 Å². The van der Waals surface area contributed by atoms with Crippen LogP contribution in [0.1, 0.15) is 36.7 Å². The van der Waals surface area contributed by atoms with Crippen molar-refractivity contribution in [1.82, 2.24) is 4.90 Å². The van der Waals surface area contributed by atoms with Gasteiger partial charge in [-0.05, 0) is 60.0 Å². The van der Waals surface area contributed by atoms with Gasteiger partial charge < -0.3 is 14.8 Å². The maximum Gasteiger partial charge on any atom is 0.341 e. The quantitative estimate of drug-likeness (QED) is 0.259. The SMILES string of the molecule is COC(=O)c1c(NC(=O)c2cccc(NS(=O)(=O)c3ccc(OC)cc3)c2)sc2c1CCN(Cc1ccccc1)C2. The molecule has 0 unspecified atom stereocenters. The van der Waals surface area contributed by atoms with Crippen LogP contribution in [0.2, 0.25) is 0 Å². The molecule has 0 bridgehead atoms. The second kappa shape index (κ2) is 12.1. The van der Waals surface area contributed by atoms with Gasteiger partial charge >= 0.3 is 5.97 Å². The maximum absolute atomic E-state index is 13.3. The lowest BCUT2D eigenvalue weighted by Gasteiger charge is -2.27. The number of amides is 1. The van der Waals surface area contributed by atoms with Gasteiger partial charge in [0.1, 0.15) is 10.8 Å². The molecule has 2 N–H and O–H groups in total. The minimum Gasteiger partial charge on any atom is -0.497 e. The van der Waals surface area contributed by atoms with Crippen molar-refractivity contribution in [2.75, 3.05) is 30.8 Å². The number of thiophene rings is 1. The Morgan fingerprint density at radius 2 is 1.73 bits per heavy atom. The smallest absolute Gasteiger partial charge is 0.341 e. The molecule has 212 valence electrons. The molecule has 0 atom stereocenters. The van der Waals surface area contributed by atoms with Crippen molar-refractivity contribution in [3.63, 3.8) is 0 Å². The number of carbonyl (C=O) groups is 2. The lowest BCUT2D eigenvalue weighted by molar-refractivity contribution is 0.0600. The summed E-state index contributed by atoms with van der Waals surface area (Å²) >= 11 is 1.36. The van der Waals surface area contributed by atoms with Gasteiger partial charge in [0.15, 0.2) is 0 Å². The van der Waals surface area contributed by atoms with E-state index in [9.17, 15) is 18.0 Å². The van der Waals surface area contributed by atoms with Gasteiger partial charge in [-0.1, -0.05) is 36.4 Å². The topological polar surface area (TPSA) is 114 Å². The number of sulfonamides is 1. The van der Waals surface area contributed by atoms with Gasteiger partial charge in [0.2, 0.25) is 0 Å². The Bertz CT molecular complexity index is 1670. The van der Waals surface area contributed by atoms with E-state index in [4.69, 9.17) is 9.47 Å². The van der Waals surface area contributed by atoms with Crippen molar-refractivity contribution in [2.24, 2.45) is 0 Å². The average Bonchev–Trinajstić information content (AvgIpc) is 3.34. The van der Waals surface area contributed by atoms with E-state index in [1.54, 1.807) is 30.3 Å². The molecule has 0 saturated carbocycles. The first-order valence-electron chi connectivity index (χ1n) is 12.8. The Kier molecular flexibility index (Phi) is 8.39. The third-order valence-electron chi connectivity index (χ3n) is 6.75. The van der Waals surface area contributed by atoms with Crippen molar-refractivity contribution in [3.05, 3.63) is 106 Å². The van der Waals surface area contributed by atoms with Crippen LogP contribution in [0.25, 0.3) is 0 Å². The van der Waals surface area contributed by atoms with Gasteiger partial charge in [0.05, 0.1) is 24.7 Å². The summed E-state index contributed by atoms with van der Waals surface area (Å²) in [5, 5.41) is 3.28. The number of ether oxygens (including phenoxy) is 2. The summed E-state index contributed by atoms with van der Waals surface area (Å²) in [6, 6.07) is 22.3. The fourth-order valence-corrected chi connectivity index (χ4v) is 7.03. The summed E-state index contributed by atoms with van der Waals surface area (Å²) in [6.07, 6.45) is 0.654. The lowest BCUT2D eigenvalue weighted by atomic mass is 10.0. The molecule has 0 aliphatic carbocycles. The maximum atomic E-state index is 13.3. The molecule has 1 amide bonds. The van der Waals surface area contributed by atoms with Crippen molar-refractivity contribution in [1.29, 1.82) is 0 Å². The Morgan fingerprint density at radius 1 is 0.976 bits per heavy atom. The fourth-order valence-electron chi connectivity index (χ4n) is 4.71. The van der Waals surface area contributed by atoms with E-state index in [-0.39, 0.29) is 16.1 Å². The molecule has 9 nitrogen and oxygen atoms in total. The molecule has 5 rings (SSSR count). The molecule has 0 radical (unpaired) electrons. The summed E-state index contributed by atoms with van der Waals surface area (Å²) in [5.74, 6) is -0.441. The standard InChI is InChI=1S/C30H29N3O6S2/c1-38-23-11-13-24(14-12-23)41(36,37)32-22-10-6-9-21(17-22)28(34)31-29-27(30(35)39-2)25-15-16-33(19-26(25)40-29)18-20-7-4-3-5-8-20/h3-14,17,32H,15-16,18-19H2,1-2H3,(H,31,34). The third kappa shape index (κ3) is 6.43. The second-order valence-electron chi connectivity index (χ2n) is 9.46. The number of nitrogens with one attached hydrogen (secondary N) is 2. The van der Waals surface area contributed by atoms with E-state index in [1.165, 1.54) is 49.3 Å². The number of nitrogens with zero attached hydrogens (tertiary/aromatic N) is 1. The van der Waals surface area contributed by atoms with Crippen LogP contribution < -0.4 is 14.8 Å². The predicted molar refractivity (Wildman–Crippen MR) is 158 cm³/mol. The normalized spacial score (nSPS) is 13.2. The Hall–Kier alpha value is -4.19. The number of carbonyl (C=O) groups excluding carboxylic acids is 2. The molecule has 3 aromatic carbocycles. The number of anilines is 2. The van der Waals surface area contributed by atoms with Gasteiger partial charge in [0.25, 0.3) is 15.9 Å². The minimum atomic E-state index is -3.89. The number of methoxy groups -OCH3 is 2. The van der Waals surface area contributed by atoms with E-state index in [1.807, 2.05) is 18.2 Å². The third-order valence-corrected chi connectivity index (χ3v) is 9.28. The summed E-state index contributed by atoms with van der Waals surface area (Å²) < 4.78 is 38.4. The first kappa shape index (κ1) is 28.3. The van der Waals surface area contributed by atoms with Crippen LogP contribution in [0.5, 0.6) is 5.75 Å². The molecule has 4 aromatic rings. The highest BCUT2D eigenvalue weighted by molar-refractivity contribution is 7.92. The molecule has 0 spiro atoms. The number of hydrogen-bond donors (Lipinski definition) is 2. The van der Waals surface area contributed by atoms with E-state index >= 15 is 0 Å². The number of fused-ring (bicyclic) bond motifs is 1. The molecule has 2 heterocycles. The van der Waals surface area contributed by atoms with Crippen LogP contribution in [-0.4, -0.2) is 46.0 Å². The molecule has 11 heteroatoms. The predicted octanol–water partition coefficient (Wildman–Crippen LogP) is 5.15. The highest BCUT2D eigenvalue weighted by atomic mass is 32.2. The van der Waals surface area contributed by atoms with Crippen molar-refractivity contribution < 1.29 is 27.5 Å². The molecule has 1 aliphatic rings. The van der Waals surface area contributed by atoms with Crippen molar-refractivity contribution in [2.45, 2.75) is 24.4 Å². The van der Waals surface area contributed by atoms with E-state index in [0.717, 1.165) is 23.5 Å². The number of benzene rings is 3. The summed E-state index contributed by atoms with van der Waals surface area (Å²) in [6.45, 7) is 2.20. The van der Waals surface area contributed by atoms with Crippen LogP contribution in [0.3, 0.4) is 0 Å². The molecule has 0 saturated heterocycles. The molecular formula is C30H29N3O6S2. The van der Waals surface area contributed by atoms with Crippen LogP contribution >= 0.6 is 11.3 Å². The summed E-state index contributed by atoms with van der Waals surface area (Å²) in [5.41, 5.74) is 2.92. The van der Waals surface area contributed by atoms with E-state index < -0.39 is 21.9 Å². The zero-order valence-electron chi connectivity index (χ0n) is 22.5. The minimum absolute atomic E-state index is 0.0568. The second-order valence-corrected chi connectivity index (χ2v) is 12.2. The van der Waals surface area contributed by atoms with E-state index in [2.05, 4.69) is 27.1 Å². The summed E-state index contributed by atoms with van der Waals surface area (Å²) in [4.78, 5) is 29.4. The summed E-state index contributed by atoms with van der Waals surface area (Å²) in [7, 11) is -1.07. The molecule has 1 aromatic heterocycles. The Morgan fingerprint density at radius 3 is 2.44 bits per heavy atom. The van der Waals surface area contributed by atoms with Crippen LogP contribution in [-0.2, 0) is 34.3 Å². The van der Waals surface area contributed by atoms with Crippen molar-refractivity contribution >= 4 is 43.9 Å². The monoisotopic (exact) mass is 591 g/mol. The Labute approximate surface area is 242 Å². The molecule has 1 aliphatic heterocycles. The van der Waals surface area contributed by atoms with Gasteiger partial charge in [-0.25, -0.2) is 13.2 Å². The fraction of sp³-hybridized carbons (Fsp3) is 0.200. The first-order valence-corrected chi connectivity index (χ1v) is 15.1. The average molecular weight is 592 g/mol. The number of hydrogen-bond acceptors (Lipinski definition) is 8. The Balaban J connectivity index is 1.34. The molecule has 0 fully saturated rings. The highest BCUT2D eigenvalue weighted by Crippen LogP contribution is 2.38. The largest absolute Gasteiger partial charge is 0.497 e. The highest BCUT2D eigenvalue weighted by Gasteiger charge is 2.29. The molecule has 41 heavy (non-hydrogen) atoms. The van der Waals surface area contributed by atoms with Gasteiger partial charge in [-0.2, -0.15) is 0 Å². The van der Waals surface area contributed by atoms with Crippen LogP contribution in [0.4, 0.5) is 10.7 Å². The number of esters is 1. The van der Waals surface area contributed by atoms with E-state index in [0.29, 0.717) is 29.3 Å². The van der Waals surface area contributed by atoms with Gasteiger partial charge in [-0.3, -0.25) is 14.4 Å².